The van der Waals surface area contributed by atoms with E-state index >= 15 is 0 Å². The van der Waals surface area contributed by atoms with Crippen molar-refractivity contribution in [2.75, 3.05) is 25.0 Å². The molecule has 1 aromatic heterocycles. The van der Waals surface area contributed by atoms with Crippen molar-refractivity contribution in [3.8, 4) is 11.1 Å². The highest BCUT2D eigenvalue weighted by Crippen LogP contribution is 2.29. The van der Waals surface area contributed by atoms with Gasteiger partial charge in [-0.15, -0.1) is 0 Å². The summed E-state index contributed by atoms with van der Waals surface area (Å²) < 4.78 is 0.804. The number of amides is 1. The molecule has 4 rings (SSSR count). The molecule has 0 atom stereocenters. The van der Waals surface area contributed by atoms with E-state index < -0.39 is 0 Å². The zero-order valence-electron chi connectivity index (χ0n) is 19.1. The van der Waals surface area contributed by atoms with Crippen LogP contribution in [0.25, 0.3) is 22.0 Å². The van der Waals surface area contributed by atoms with Gasteiger partial charge in [0.1, 0.15) is 12.1 Å². The minimum Gasteiger partial charge on any atom is -0.357 e. The Labute approximate surface area is 203 Å². The van der Waals surface area contributed by atoms with Gasteiger partial charge in [-0.1, -0.05) is 36.4 Å². The second-order valence-corrected chi connectivity index (χ2v) is 8.80. The van der Waals surface area contributed by atoms with Crippen LogP contribution in [-0.2, 0) is 6.54 Å². The number of carbonyl (C=O) groups excluding carboxylic acids is 1. The Balaban J connectivity index is 1.63. The Morgan fingerprint density at radius 3 is 2.42 bits per heavy atom. The Bertz CT molecular complexity index is 1290. The third kappa shape index (κ3) is 4.91. The molecule has 0 radical (unpaired) electrons. The predicted molar refractivity (Wildman–Crippen MR) is 138 cm³/mol. The number of fused-ring (bicyclic) bond motifs is 1. The molecule has 3 aromatic carbocycles. The van der Waals surface area contributed by atoms with Crippen LogP contribution in [0.2, 0.25) is 0 Å². The lowest BCUT2D eigenvalue weighted by Gasteiger charge is -2.21. The number of hydrogen-bond acceptors (Lipinski definition) is 4. The quantitative estimate of drug-likeness (QED) is 0.302. The highest BCUT2D eigenvalue weighted by molar-refractivity contribution is 9.10. The Morgan fingerprint density at radius 2 is 1.67 bits per heavy atom. The maximum Gasteiger partial charge on any atom is 0.255 e. The van der Waals surface area contributed by atoms with Crippen LogP contribution in [0.4, 0.5) is 5.82 Å². The average Bonchev–Trinajstić information content (AvgIpc) is 2.84. The van der Waals surface area contributed by atoms with E-state index in [2.05, 4.69) is 81.0 Å². The number of anilines is 1. The van der Waals surface area contributed by atoms with E-state index in [9.17, 15) is 4.79 Å². The zero-order chi connectivity index (χ0) is 23.4. The molecule has 0 bridgehead atoms. The van der Waals surface area contributed by atoms with Crippen LogP contribution >= 0.6 is 15.9 Å². The highest BCUT2D eigenvalue weighted by Gasteiger charge is 2.15. The third-order valence-electron chi connectivity index (χ3n) is 5.81. The molecule has 168 valence electrons. The molecule has 0 aliphatic rings. The zero-order valence-corrected chi connectivity index (χ0v) is 20.7. The van der Waals surface area contributed by atoms with Crippen molar-refractivity contribution < 1.29 is 4.79 Å². The van der Waals surface area contributed by atoms with Crippen LogP contribution in [0.1, 0.15) is 29.8 Å². The molecule has 0 aliphatic carbocycles. The number of aromatic nitrogens is 2. The molecule has 5 nitrogen and oxygen atoms in total. The number of nitrogens with zero attached hydrogens (tertiary/aromatic N) is 4. The lowest BCUT2D eigenvalue weighted by Crippen LogP contribution is -2.26. The van der Waals surface area contributed by atoms with Crippen LogP contribution in [0.3, 0.4) is 0 Å². The molecule has 0 saturated heterocycles. The summed E-state index contributed by atoms with van der Waals surface area (Å²) in [6.07, 6.45) is 1.63. The van der Waals surface area contributed by atoms with Crippen molar-refractivity contribution in [3.63, 3.8) is 0 Å². The fourth-order valence-corrected chi connectivity index (χ4v) is 4.49. The van der Waals surface area contributed by atoms with E-state index in [0.29, 0.717) is 12.1 Å². The van der Waals surface area contributed by atoms with Crippen molar-refractivity contribution in [2.45, 2.75) is 20.4 Å². The van der Waals surface area contributed by atoms with E-state index in [-0.39, 0.29) is 5.91 Å². The Morgan fingerprint density at radius 1 is 0.909 bits per heavy atom. The molecule has 0 saturated carbocycles. The summed E-state index contributed by atoms with van der Waals surface area (Å²) in [5.41, 5.74) is 4.88. The lowest BCUT2D eigenvalue weighted by molar-refractivity contribution is 0.0784. The average molecular weight is 503 g/mol. The SMILES string of the molecule is CCN(CC)c1ncnc2ccc(-c3cccc(CN(C)C(=O)c4ccccc4Br)c3)cc12. The number of hydrogen-bond donors (Lipinski definition) is 0. The minimum absolute atomic E-state index is 0.0143. The first-order valence-corrected chi connectivity index (χ1v) is 11.9. The summed E-state index contributed by atoms with van der Waals surface area (Å²) in [4.78, 5) is 25.9. The summed E-state index contributed by atoms with van der Waals surface area (Å²) in [5.74, 6) is 0.946. The van der Waals surface area contributed by atoms with E-state index in [1.807, 2.05) is 37.4 Å². The molecule has 1 heterocycles. The molecule has 0 unspecified atom stereocenters. The maximum atomic E-state index is 12.9. The van der Waals surface area contributed by atoms with Crippen molar-refractivity contribution in [3.05, 3.63) is 88.7 Å². The van der Waals surface area contributed by atoms with Gasteiger partial charge in [-0.25, -0.2) is 9.97 Å². The van der Waals surface area contributed by atoms with Crippen LogP contribution in [-0.4, -0.2) is 40.9 Å². The van der Waals surface area contributed by atoms with E-state index in [0.717, 1.165) is 51.0 Å². The fourth-order valence-electron chi connectivity index (χ4n) is 4.03. The molecular weight excluding hydrogens is 476 g/mol. The fraction of sp³-hybridized carbons (Fsp3) is 0.222. The number of carbonyl (C=O) groups is 1. The van der Waals surface area contributed by atoms with Crippen molar-refractivity contribution in [1.82, 2.24) is 14.9 Å². The first-order chi connectivity index (χ1) is 16.0. The molecule has 0 aliphatic heterocycles. The summed E-state index contributed by atoms with van der Waals surface area (Å²) in [5, 5.41) is 1.05. The highest BCUT2D eigenvalue weighted by atomic mass is 79.9. The summed E-state index contributed by atoms with van der Waals surface area (Å²) in [6, 6.07) is 22.2. The molecule has 0 fully saturated rings. The van der Waals surface area contributed by atoms with Gasteiger partial charge < -0.3 is 9.80 Å². The second kappa shape index (κ2) is 10.1. The third-order valence-corrected chi connectivity index (χ3v) is 6.50. The van der Waals surface area contributed by atoms with Crippen molar-refractivity contribution in [2.24, 2.45) is 0 Å². The molecule has 6 heteroatoms. The first kappa shape index (κ1) is 22.9. The summed E-state index contributed by atoms with van der Waals surface area (Å²) in [6.45, 7) is 6.57. The van der Waals surface area contributed by atoms with Crippen LogP contribution < -0.4 is 4.90 Å². The molecule has 1 amide bonds. The maximum absolute atomic E-state index is 12.9. The lowest BCUT2D eigenvalue weighted by atomic mass is 10.0. The van der Waals surface area contributed by atoms with E-state index in [4.69, 9.17) is 0 Å². The molecular formula is C27H27BrN4O. The van der Waals surface area contributed by atoms with E-state index in [1.54, 1.807) is 11.2 Å². The van der Waals surface area contributed by atoms with Gasteiger partial charge in [0.15, 0.2) is 0 Å². The topological polar surface area (TPSA) is 49.3 Å². The van der Waals surface area contributed by atoms with Gasteiger partial charge in [-0.05, 0) is 76.8 Å². The molecule has 0 spiro atoms. The van der Waals surface area contributed by atoms with Gasteiger partial charge in [-0.2, -0.15) is 0 Å². The van der Waals surface area contributed by atoms with Gasteiger partial charge in [-0.3, -0.25) is 4.79 Å². The van der Waals surface area contributed by atoms with Gasteiger partial charge >= 0.3 is 0 Å². The summed E-state index contributed by atoms with van der Waals surface area (Å²) in [7, 11) is 1.83. The normalized spacial score (nSPS) is 10.9. The standard InChI is InChI=1S/C27H27BrN4O/c1-4-32(5-2)26-23-16-21(13-14-25(23)29-18-30-26)20-10-8-9-19(15-20)17-31(3)27(33)22-11-6-7-12-24(22)28/h6-16,18H,4-5,17H2,1-3H3. The smallest absolute Gasteiger partial charge is 0.255 e. The van der Waals surface area contributed by atoms with Crippen molar-refractivity contribution >= 4 is 38.6 Å². The molecule has 0 N–H and O–H groups in total. The van der Waals surface area contributed by atoms with Gasteiger partial charge in [0.2, 0.25) is 0 Å². The molecule has 33 heavy (non-hydrogen) atoms. The second-order valence-electron chi connectivity index (χ2n) is 7.94. The monoisotopic (exact) mass is 502 g/mol. The van der Waals surface area contributed by atoms with Gasteiger partial charge in [0.25, 0.3) is 5.91 Å². The van der Waals surface area contributed by atoms with Crippen LogP contribution in [0.5, 0.6) is 0 Å². The number of benzene rings is 3. The first-order valence-electron chi connectivity index (χ1n) is 11.1. The molecule has 4 aromatic rings. The van der Waals surface area contributed by atoms with Gasteiger partial charge in [0, 0.05) is 36.5 Å². The van der Waals surface area contributed by atoms with Crippen molar-refractivity contribution in [1.29, 1.82) is 0 Å². The summed E-state index contributed by atoms with van der Waals surface area (Å²) >= 11 is 3.48. The number of halogens is 1. The van der Waals surface area contributed by atoms with Gasteiger partial charge in [0.05, 0.1) is 11.1 Å². The minimum atomic E-state index is -0.0143. The van der Waals surface area contributed by atoms with Crippen LogP contribution in [0, 0.1) is 0 Å². The number of rotatable bonds is 7. The van der Waals surface area contributed by atoms with Crippen LogP contribution in [0.15, 0.2) is 77.5 Å². The van der Waals surface area contributed by atoms with E-state index in [1.165, 1.54) is 0 Å². The largest absolute Gasteiger partial charge is 0.357 e. The Kier molecular flexibility index (Phi) is 7.04. The predicted octanol–water partition coefficient (Wildman–Crippen LogP) is 6.18. The Hall–Kier alpha value is -3.25.